The number of hydrogen-bond acceptors (Lipinski definition) is 4. The second kappa shape index (κ2) is 9.90. The van der Waals surface area contributed by atoms with Gasteiger partial charge < -0.3 is 15.5 Å². The van der Waals surface area contributed by atoms with Crippen molar-refractivity contribution in [2.24, 2.45) is 0 Å². The third-order valence-corrected chi connectivity index (χ3v) is 5.55. The highest BCUT2D eigenvalue weighted by molar-refractivity contribution is 7.18. The predicted molar refractivity (Wildman–Crippen MR) is 125 cm³/mol. The van der Waals surface area contributed by atoms with Gasteiger partial charge >= 0.3 is 6.03 Å². The van der Waals surface area contributed by atoms with Gasteiger partial charge in [-0.2, -0.15) is 0 Å². The molecule has 0 fully saturated rings. The van der Waals surface area contributed by atoms with Crippen molar-refractivity contribution < 1.29 is 14.4 Å². The molecule has 0 unspecified atom stereocenters. The number of para-hydroxylation sites is 2. The van der Waals surface area contributed by atoms with E-state index in [1.807, 2.05) is 50.2 Å². The Morgan fingerprint density at radius 1 is 0.839 bits per heavy atom. The minimum atomic E-state index is -0.395. The summed E-state index contributed by atoms with van der Waals surface area (Å²) in [5, 5.41) is 8.84. The lowest BCUT2D eigenvalue weighted by atomic mass is 10.1. The number of anilines is 3. The van der Waals surface area contributed by atoms with Crippen molar-refractivity contribution in [3.63, 3.8) is 0 Å². The zero-order chi connectivity index (χ0) is 22.4. The third-order valence-electron chi connectivity index (χ3n) is 4.56. The van der Waals surface area contributed by atoms with Gasteiger partial charge in [-0.3, -0.25) is 14.9 Å². The number of thiophene rings is 1. The number of likely N-dealkylation sites (N-methyl/N-ethyl adjacent to an activating group) is 1. The molecule has 0 bridgehead atoms. The van der Waals surface area contributed by atoms with Gasteiger partial charge in [0.2, 0.25) is 5.91 Å². The molecular formula is C23H24N4O3S. The Labute approximate surface area is 185 Å². The van der Waals surface area contributed by atoms with E-state index in [1.54, 1.807) is 31.3 Å². The van der Waals surface area contributed by atoms with Gasteiger partial charge in [0.05, 0.1) is 16.4 Å². The van der Waals surface area contributed by atoms with Gasteiger partial charge in [-0.15, -0.1) is 11.3 Å². The number of aryl methyl sites for hydroxylation is 2. The first-order valence-electron chi connectivity index (χ1n) is 9.68. The van der Waals surface area contributed by atoms with Crippen molar-refractivity contribution >= 4 is 45.6 Å². The van der Waals surface area contributed by atoms with Crippen molar-refractivity contribution in [3.05, 3.63) is 76.7 Å². The van der Waals surface area contributed by atoms with Crippen molar-refractivity contribution in [2.75, 3.05) is 29.5 Å². The van der Waals surface area contributed by atoms with E-state index in [1.165, 1.54) is 4.90 Å². The molecule has 0 spiro atoms. The highest BCUT2D eigenvalue weighted by Gasteiger charge is 2.18. The predicted octanol–water partition coefficient (Wildman–Crippen LogP) is 4.72. The van der Waals surface area contributed by atoms with Crippen molar-refractivity contribution in [2.45, 2.75) is 13.8 Å². The Hall–Kier alpha value is -3.65. The summed E-state index contributed by atoms with van der Waals surface area (Å²) >= 11 is 1.15. The summed E-state index contributed by atoms with van der Waals surface area (Å²) in [6.45, 7) is 3.76. The Kier molecular flexibility index (Phi) is 7.04. The van der Waals surface area contributed by atoms with E-state index in [-0.39, 0.29) is 18.4 Å². The molecule has 3 aromatic rings. The van der Waals surface area contributed by atoms with Crippen LogP contribution in [0.4, 0.5) is 21.2 Å². The number of urea groups is 1. The van der Waals surface area contributed by atoms with E-state index in [0.29, 0.717) is 15.6 Å². The van der Waals surface area contributed by atoms with Gasteiger partial charge in [0.25, 0.3) is 5.91 Å². The van der Waals surface area contributed by atoms with Crippen LogP contribution in [0.5, 0.6) is 0 Å². The fraction of sp³-hybridized carbons (Fsp3) is 0.174. The number of benzene rings is 2. The summed E-state index contributed by atoms with van der Waals surface area (Å²) in [6, 6.07) is 17.7. The highest BCUT2D eigenvalue weighted by atomic mass is 32.1. The topological polar surface area (TPSA) is 90.5 Å². The molecule has 0 saturated carbocycles. The average Bonchev–Trinajstić information content (AvgIpc) is 3.19. The summed E-state index contributed by atoms with van der Waals surface area (Å²) in [6.07, 6.45) is 0. The van der Waals surface area contributed by atoms with Gasteiger partial charge in [0.1, 0.15) is 0 Å². The molecule has 0 atom stereocenters. The van der Waals surface area contributed by atoms with Crippen LogP contribution in [0.15, 0.2) is 60.7 Å². The molecule has 0 aliphatic heterocycles. The Morgan fingerprint density at radius 2 is 1.52 bits per heavy atom. The number of rotatable bonds is 6. The van der Waals surface area contributed by atoms with Crippen LogP contribution >= 0.6 is 11.3 Å². The first kappa shape index (κ1) is 22.0. The van der Waals surface area contributed by atoms with Crippen LogP contribution in [0.3, 0.4) is 0 Å². The maximum absolute atomic E-state index is 12.7. The molecule has 31 heavy (non-hydrogen) atoms. The molecule has 160 valence electrons. The van der Waals surface area contributed by atoms with Crippen molar-refractivity contribution in [1.29, 1.82) is 0 Å². The number of hydrogen-bond donors (Lipinski definition) is 3. The number of nitrogens with one attached hydrogen (secondary N) is 3. The third kappa shape index (κ3) is 5.93. The molecule has 0 aliphatic carbocycles. The van der Waals surface area contributed by atoms with E-state index in [0.717, 1.165) is 28.2 Å². The molecule has 0 aliphatic rings. The number of amides is 4. The van der Waals surface area contributed by atoms with E-state index < -0.39 is 6.03 Å². The highest BCUT2D eigenvalue weighted by Crippen LogP contribution is 2.24. The van der Waals surface area contributed by atoms with Gasteiger partial charge in [0.15, 0.2) is 0 Å². The van der Waals surface area contributed by atoms with Gasteiger partial charge in [-0.05, 0) is 49.2 Å². The van der Waals surface area contributed by atoms with E-state index >= 15 is 0 Å². The number of carbonyl (C=O) groups is 3. The largest absolute Gasteiger partial charge is 0.332 e. The zero-order valence-electron chi connectivity index (χ0n) is 17.6. The van der Waals surface area contributed by atoms with Crippen LogP contribution in [-0.2, 0) is 4.79 Å². The SMILES string of the molecule is Cc1cccc(C)c1NC(=O)CN(C)C(=O)c1ccc(NC(=O)Nc2ccccc2)s1. The first-order chi connectivity index (χ1) is 14.8. The van der Waals surface area contributed by atoms with Gasteiger partial charge in [-0.1, -0.05) is 36.4 Å². The van der Waals surface area contributed by atoms with Crippen LogP contribution in [0.2, 0.25) is 0 Å². The van der Waals surface area contributed by atoms with E-state index in [4.69, 9.17) is 0 Å². The van der Waals surface area contributed by atoms with Gasteiger partial charge in [0, 0.05) is 18.4 Å². The van der Waals surface area contributed by atoms with Crippen LogP contribution in [0, 0.1) is 13.8 Å². The Bertz CT molecular complexity index is 1070. The second-order valence-corrected chi connectivity index (χ2v) is 8.17. The van der Waals surface area contributed by atoms with Crippen LogP contribution in [0.1, 0.15) is 20.8 Å². The van der Waals surface area contributed by atoms with Crippen LogP contribution in [-0.4, -0.2) is 36.3 Å². The Morgan fingerprint density at radius 3 is 2.19 bits per heavy atom. The van der Waals surface area contributed by atoms with Crippen LogP contribution < -0.4 is 16.0 Å². The second-order valence-electron chi connectivity index (χ2n) is 7.09. The quantitative estimate of drug-likeness (QED) is 0.522. The molecule has 3 rings (SSSR count). The number of carbonyl (C=O) groups excluding carboxylic acids is 3. The molecule has 0 saturated heterocycles. The monoisotopic (exact) mass is 436 g/mol. The smallest absolute Gasteiger partial charge is 0.324 e. The van der Waals surface area contributed by atoms with Crippen molar-refractivity contribution in [3.8, 4) is 0 Å². The molecule has 4 amide bonds. The summed E-state index contributed by atoms with van der Waals surface area (Å²) in [5.41, 5.74) is 3.36. The molecule has 2 aromatic carbocycles. The Balaban J connectivity index is 1.55. The van der Waals surface area contributed by atoms with E-state index in [9.17, 15) is 14.4 Å². The fourth-order valence-corrected chi connectivity index (χ4v) is 3.88. The molecular weight excluding hydrogens is 412 g/mol. The summed E-state index contributed by atoms with van der Waals surface area (Å²) in [5.74, 6) is -0.566. The summed E-state index contributed by atoms with van der Waals surface area (Å²) < 4.78 is 0. The maximum atomic E-state index is 12.7. The normalized spacial score (nSPS) is 10.3. The molecule has 1 aromatic heterocycles. The minimum Gasteiger partial charge on any atom is -0.332 e. The van der Waals surface area contributed by atoms with Crippen LogP contribution in [0.25, 0.3) is 0 Å². The lowest BCUT2D eigenvalue weighted by molar-refractivity contribution is -0.116. The summed E-state index contributed by atoms with van der Waals surface area (Å²) in [7, 11) is 1.57. The first-order valence-corrected chi connectivity index (χ1v) is 10.5. The lowest BCUT2D eigenvalue weighted by Crippen LogP contribution is -2.34. The molecule has 0 radical (unpaired) electrons. The average molecular weight is 437 g/mol. The minimum absolute atomic E-state index is 0.0816. The fourth-order valence-electron chi connectivity index (χ4n) is 2.98. The molecule has 3 N–H and O–H groups in total. The van der Waals surface area contributed by atoms with E-state index in [2.05, 4.69) is 16.0 Å². The maximum Gasteiger partial charge on any atom is 0.324 e. The van der Waals surface area contributed by atoms with Crippen molar-refractivity contribution in [1.82, 2.24) is 4.90 Å². The number of nitrogens with zero attached hydrogens (tertiary/aromatic N) is 1. The molecule has 7 nitrogen and oxygen atoms in total. The van der Waals surface area contributed by atoms with Gasteiger partial charge in [-0.25, -0.2) is 4.79 Å². The molecule has 8 heteroatoms. The summed E-state index contributed by atoms with van der Waals surface area (Å²) in [4.78, 5) is 39.0. The molecule has 1 heterocycles. The standard InChI is InChI=1S/C23H24N4O3S/c1-15-8-7-9-16(2)21(15)25-19(28)14-27(3)22(29)18-12-13-20(31-18)26-23(30)24-17-10-5-4-6-11-17/h4-13H,14H2,1-3H3,(H,25,28)(H2,24,26,30). The zero-order valence-corrected chi connectivity index (χ0v) is 18.4. The lowest BCUT2D eigenvalue weighted by Gasteiger charge is -2.17.